The highest BCUT2D eigenvalue weighted by Gasteiger charge is 2.23. The summed E-state index contributed by atoms with van der Waals surface area (Å²) in [5, 5.41) is 5.95. The summed E-state index contributed by atoms with van der Waals surface area (Å²) in [6.45, 7) is 0. The highest BCUT2D eigenvalue weighted by molar-refractivity contribution is 6.14. The molecular weight excluding hydrogens is 771 g/mol. The summed E-state index contributed by atoms with van der Waals surface area (Å²) < 4.78 is 15.6. The molecule has 14 rings (SSSR count). The Labute approximate surface area is 360 Å². The van der Waals surface area contributed by atoms with Crippen molar-refractivity contribution in [3.8, 4) is 39.3 Å². The Kier molecular flexibility index (Phi) is 7.02. The lowest BCUT2D eigenvalue weighted by Gasteiger charge is -2.09. The Morgan fingerprint density at radius 1 is 0.317 bits per heavy atom. The maximum Gasteiger partial charge on any atom is 0.248 e. The molecule has 5 aromatic heterocycles. The fraction of sp³-hybridized carbons (Fsp3) is 0. The van der Waals surface area contributed by atoms with Gasteiger partial charge in [-0.3, -0.25) is 8.97 Å². The molecule has 0 saturated carbocycles. The van der Waals surface area contributed by atoms with Gasteiger partial charge in [-0.2, -0.15) is 4.98 Å². The summed E-state index contributed by atoms with van der Waals surface area (Å²) >= 11 is 0. The highest BCUT2D eigenvalue weighted by Crippen LogP contribution is 2.41. The Morgan fingerprint density at radius 3 is 1.32 bits per heavy atom. The molecule has 0 saturated heterocycles. The molecule has 6 heteroatoms. The Balaban J connectivity index is 0.975. The molecule has 294 valence electrons. The topological polar surface area (TPSA) is 45.2 Å². The van der Waals surface area contributed by atoms with E-state index in [4.69, 9.17) is 9.40 Å². The Bertz CT molecular complexity index is 4130. The fourth-order valence-corrected chi connectivity index (χ4v) is 10.2. The van der Waals surface area contributed by atoms with Gasteiger partial charge in [-0.25, -0.2) is 0 Å². The molecule has 14 aromatic rings. The van der Waals surface area contributed by atoms with Gasteiger partial charge in [0.15, 0.2) is 0 Å². The number of imidazole rings is 2. The zero-order chi connectivity index (χ0) is 41.2. The van der Waals surface area contributed by atoms with E-state index >= 15 is 0 Å². The molecule has 0 spiro atoms. The van der Waals surface area contributed by atoms with Gasteiger partial charge in [-0.1, -0.05) is 109 Å². The normalized spacial score (nSPS) is 12.1. The number of nitrogens with zero attached hydrogens (tertiary/aromatic N) is 5. The van der Waals surface area contributed by atoms with Gasteiger partial charge in [0.2, 0.25) is 11.5 Å². The lowest BCUT2D eigenvalue weighted by Crippen LogP contribution is -1.95. The van der Waals surface area contributed by atoms with Gasteiger partial charge in [0.25, 0.3) is 0 Å². The van der Waals surface area contributed by atoms with E-state index in [0.717, 1.165) is 61.5 Å². The van der Waals surface area contributed by atoms with Crippen LogP contribution in [0.15, 0.2) is 217 Å². The van der Waals surface area contributed by atoms with Crippen molar-refractivity contribution in [3.05, 3.63) is 212 Å². The Hall–Kier alpha value is -8.61. The second-order valence-corrected chi connectivity index (χ2v) is 16.4. The number of aromatic nitrogens is 5. The SMILES string of the molecule is c1ccc(-n2c3ccccc3c3cc(-c4ccc5c(c4)c4cc(-c6ccc7c(c6)n(-c6ccccc6)c6nc8oc9ccccc9c8n76)ccc4n5-c4ccccc4)ccc32)cc1. The first-order valence-electron chi connectivity index (χ1n) is 21.4. The van der Waals surface area contributed by atoms with Crippen molar-refractivity contribution in [2.45, 2.75) is 0 Å². The van der Waals surface area contributed by atoms with Gasteiger partial charge in [-0.15, -0.1) is 0 Å². The van der Waals surface area contributed by atoms with Gasteiger partial charge in [0.05, 0.1) is 33.1 Å². The molecule has 0 aliphatic rings. The van der Waals surface area contributed by atoms with Crippen LogP contribution < -0.4 is 0 Å². The van der Waals surface area contributed by atoms with E-state index in [-0.39, 0.29) is 0 Å². The van der Waals surface area contributed by atoms with Gasteiger partial charge in [0, 0.05) is 44.0 Å². The molecule has 0 amide bonds. The highest BCUT2D eigenvalue weighted by atomic mass is 16.3. The van der Waals surface area contributed by atoms with E-state index in [1.165, 1.54) is 54.7 Å². The number of hydrogen-bond acceptors (Lipinski definition) is 2. The monoisotopic (exact) mass is 805 g/mol. The van der Waals surface area contributed by atoms with E-state index in [9.17, 15) is 0 Å². The minimum absolute atomic E-state index is 0.639. The van der Waals surface area contributed by atoms with Crippen LogP contribution in [0.2, 0.25) is 0 Å². The van der Waals surface area contributed by atoms with Crippen LogP contribution in [0.3, 0.4) is 0 Å². The smallest absolute Gasteiger partial charge is 0.248 e. The molecule has 0 radical (unpaired) electrons. The van der Waals surface area contributed by atoms with E-state index in [2.05, 4.69) is 218 Å². The molecule has 0 fully saturated rings. The average molecular weight is 806 g/mol. The number of para-hydroxylation sites is 5. The molecule has 0 bridgehead atoms. The van der Waals surface area contributed by atoms with E-state index in [1.54, 1.807) is 0 Å². The summed E-state index contributed by atoms with van der Waals surface area (Å²) in [6.07, 6.45) is 0. The van der Waals surface area contributed by atoms with Gasteiger partial charge in [0.1, 0.15) is 11.1 Å². The van der Waals surface area contributed by atoms with Crippen LogP contribution in [0.1, 0.15) is 0 Å². The van der Waals surface area contributed by atoms with Crippen molar-refractivity contribution >= 4 is 82.6 Å². The molecule has 5 heterocycles. The molecule has 63 heavy (non-hydrogen) atoms. The summed E-state index contributed by atoms with van der Waals surface area (Å²) in [6, 6.07) is 76.4. The predicted molar refractivity (Wildman–Crippen MR) is 259 cm³/mol. The number of benzene rings is 9. The van der Waals surface area contributed by atoms with Crippen molar-refractivity contribution in [1.82, 2.24) is 23.1 Å². The van der Waals surface area contributed by atoms with Crippen LogP contribution in [0.25, 0.3) is 122 Å². The lowest BCUT2D eigenvalue weighted by atomic mass is 9.99. The van der Waals surface area contributed by atoms with Crippen LogP contribution in [-0.4, -0.2) is 23.1 Å². The quantitative estimate of drug-likeness (QED) is 0.174. The standard InChI is InChI=1S/C57H35N5O/c1-4-14-40(15-5-1)59-48-22-12-10-20-43(48)45-32-36(24-28-49(45)59)37-25-29-50-46(33-37)47-34-38(26-30-51(47)60(50)41-16-6-2-7-17-41)39-27-31-52-53(35-39)61(42-18-8-3-9-19-42)57-58-56-55(62(52)57)44-21-11-13-23-54(44)63-56/h1-35H. The Morgan fingerprint density at radius 2 is 0.746 bits per heavy atom. The third kappa shape index (κ3) is 4.91. The van der Waals surface area contributed by atoms with Gasteiger partial charge < -0.3 is 13.6 Å². The van der Waals surface area contributed by atoms with Crippen molar-refractivity contribution in [1.29, 1.82) is 0 Å². The van der Waals surface area contributed by atoms with E-state index < -0.39 is 0 Å². The third-order valence-electron chi connectivity index (χ3n) is 13.0. The third-order valence-corrected chi connectivity index (χ3v) is 13.0. The maximum atomic E-state index is 6.28. The second-order valence-electron chi connectivity index (χ2n) is 16.4. The maximum absolute atomic E-state index is 6.28. The predicted octanol–water partition coefficient (Wildman–Crippen LogP) is 14.7. The molecule has 0 aliphatic heterocycles. The number of rotatable bonds is 5. The molecule has 9 aromatic carbocycles. The van der Waals surface area contributed by atoms with Crippen LogP contribution in [0, 0.1) is 0 Å². The molecule has 0 aliphatic carbocycles. The molecule has 6 nitrogen and oxygen atoms in total. The lowest BCUT2D eigenvalue weighted by molar-refractivity contribution is 0.656. The minimum atomic E-state index is 0.639. The van der Waals surface area contributed by atoms with Crippen molar-refractivity contribution in [2.75, 3.05) is 0 Å². The second kappa shape index (κ2) is 12.9. The summed E-state index contributed by atoms with van der Waals surface area (Å²) in [4.78, 5) is 5.11. The first-order chi connectivity index (χ1) is 31.2. The molecular formula is C57H35N5O. The first-order valence-corrected chi connectivity index (χ1v) is 21.4. The molecule has 0 unspecified atom stereocenters. The van der Waals surface area contributed by atoms with E-state index in [1.807, 2.05) is 12.1 Å². The van der Waals surface area contributed by atoms with Crippen LogP contribution >= 0.6 is 0 Å². The summed E-state index contributed by atoms with van der Waals surface area (Å²) in [7, 11) is 0. The first kappa shape index (κ1) is 34.1. The van der Waals surface area contributed by atoms with Crippen molar-refractivity contribution in [3.63, 3.8) is 0 Å². The largest absolute Gasteiger partial charge is 0.436 e. The van der Waals surface area contributed by atoms with Gasteiger partial charge >= 0.3 is 0 Å². The zero-order valence-electron chi connectivity index (χ0n) is 33.9. The molecule has 0 atom stereocenters. The van der Waals surface area contributed by atoms with Crippen LogP contribution in [0.4, 0.5) is 0 Å². The van der Waals surface area contributed by atoms with Gasteiger partial charge in [-0.05, 0) is 125 Å². The van der Waals surface area contributed by atoms with Crippen LogP contribution in [-0.2, 0) is 0 Å². The number of furan rings is 1. The fourth-order valence-electron chi connectivity index (χ4n) is 10.2. The summed E-state index contributed by atoms with van der Waals surface area (Å²) in [5.74, 6) is 0.824. The van der Waals surface area contributed by atoms with Crippen LogP contribution in [0.5, 0.6) is 0 Å². The number of hydrogen-bond donors (Lipinski definition) is 0. The average Bonchev–Trinajstić information content (AvgIpc) is 4.14. The summed E-state index contributed by atoms with van der Waals surface area (Å²) in [5.41, 5.74) is 17.3. The van der Waals surface area contributed by atoms with Crippen molar-refractivity contribution < 1.29 is 4.42 Å². The minimum Gasteiger partial charge on any atom is -0.436 e. The van der Waals surface area contributed by atoms with E-state index in [0.29, 0.717) is 5.71 Å². The number of fused-ring (bicyclic) bond motifs is 13. The molecule has 0 N–H and O–H groups in total. The zero-order valence-corrected chi connectivity index (χ0v) is 33.9. The van der Waals surface area contributed by atoms with Crippen molar-refractivity contribution in [2.24, 2.45) is 0 Å².